The molecule has 1 aromatic carbocycles. The van der Waals surface area contributed by atoms with Crippen LogP contribution < -0.4 is 5.43 Å². The number of nitrogens with one attached hydrogen (secondary N) is 1. The van der Waals surface area contributed by atoms with Crippen LogP contribution in [-0.4, -0.2) is 17.3 Å². The van der Waals surface area contributed by atoms with Crippen molar-refractivity contribution >= 4 is 44.8 Å². The minimum absolute atomic E-state index is 0.573. The van der Waals surface area contributed by atoms with Gasteiger partial charge in [0.25, 0.3) is 0 Å². The summed E-state index contributed by atoms with van der Waals surface area (Å²) in [7, 11) is 0. The zero-order chi connectivity index (χ0) is 14.7. The molecule has 0 aliphatic carbocycles. The molecule has 0 atom stereocenters. The maximum absolute atomic E-state index is 6.23. The van der Waals surface area contributed by atoms with Gasteiger partial charge in [-0.2, -0.15) is 0 Å². The quantitative estimate of drug-likeness (QED) is 0.725. The second kappa shape index (κ2) is 6.76. The molecule has 3 nitrogen and oxygen atoms in total. The molecular weight excluding hydrogens is 361 g/mol. The molecule has 0 radical (unpaired) electrons. The Bertz CT molecular complexity index is 608. The summed E-state index contributed by atoms with van der Waals surface area (Å²) in [5, 5.41) is 2.98. The Morgan fingerprint density at radius 2 is 1.95 bits per heavy atom. The second-order valence-corrected chi connectivity index (χ2v) is 5.59. The second-order valence-electron chi connectivity index (χ2n) is 3.84. The van der Waals surface area contributed by atoms with Gasteiger partial charge in [0.2, 0.25) is 0 Å². The van der Waals surface area contributed by atoms with Crippen molar-refractivity contribution in [3.63, 3.8) is 0 Å². The number of benzene rings is 1. The zero-order valence-corrected chi connectivity index (χ0v) is 14.2. The van der Waals surface area contributed by atoms with E-state index in [1.165, 1.54) is 0 Å². The summed E-state index contributed by atoms with van der Waals surface area (Å²) in [5.74, 6) is 0.775. The van der Waals surface area contributed by atoms with Crippen LogP contribution in [0.25, 0.3) is 0 Å². The molecule has 0 saturated carbocycles. The van der Waals surface area contributed by atoms with Crippen LogP contribution in [0.4, 0.5) is 0 Å². The van der Waals surface area contributed by atoms with Gasteiger partial charge in [0.1, 0.15) is 5.16 Å². The molecule has 1 N–H and O–H groups in total. The number of allylic oxidation sites excluding steroid dienone is 1. The first kappa shape index (κ1) is 15.6. The molecule has 106 valence electrons. The normalized spacial score (nSPS) is 17.1. The smallest absolute Gasteiger partial charge is 0.160 e. The lowest BCUT2D eigenvalue weighted by molar-refractivity contribution is 0.371. The van der Waals surface area contributed by atoms with E-state index in [1.807, 2.05) is 38.1 Å². The van der Waals surface area contributed by atoms with Crippen molar-refractivity contribution in [3.05, 3.63) is 56.4 Å². The number of aliphatic imine (C=N–C) groups is 1. The van der Waals surface area contributed by atoms with E-state index in [-0.39, 0.29) is 0 Å². The maximum Gasteiger partial charge on any atom is 0.160 e. The number of halogens is 3. The third kappa shape index (κ3) is 2.93. The number of fused-ring (bicyclic) bond motifs is 1. The summed E-state index contributed by atoms with van der Waals surface area (Å²) in [6.45, 7) is 4.68. The Labute approximate surface area is 137 Å². The van der Waals surface area contributed by atoms with Gasteiger partial charge in [-0.05, 0) is 6.07 Å². The fourth-order valence-corrected chi connectivity index (χ4v) is 2.71. The van der Waals surface area contributed by atoms with Crippen LogP contribution in [0.15, 0.2) is 50.8 Å². The third-order valence-electron chi connectivity index (χ3n) is 2.69. The van der Waals surface area contributed by atoms with Gasteiger partial charge in [-0.3, -0.25) is 0 Å². The van der Waals surface area contributed by atoms with E-state index in [0.29, 0.717) is 16.7 Å². The molecule has 20 heavy (non-hydrogen) atoms. The van der Waals surface area contributed by atoms with Crippen molar-refractivity contribution in [2.24, 2.45) is 4.99 Å². The van der Waals surface area contributed by atoms with Crippen LogP contribution in [0, 0.1) is 0 Å². The Kier molecular flexibility index (Phi) is 5.27. The summed E-state index contributed by atoms with van der Waals surface area (Å²) < 4.78 is 0.971. The van der Waals surface area contributed by atoms with Gasteiger partial charge in [-0.25, -0.2) is 15.4 Å². The highest BCUT2D eigenvalue weighted by Gasteiger charge is 2.27. The highest BCUT2D eigenvalue weighted by molar-refractivity contribution is 9.11. The van der Waals surface area contributed by atoms with E-state index >= 15 is 0 Å². The summed E-state index contributed by atoms with van der Waals surface area (Å²) in [6, 6.07) is 7.57. The number of nitrogens with zero attached hydrogens (tertiary/aromatic N) is 2. The lowest BCUT2D eigenvalue weighted by Gasteiger charge is -2.23. The molecular formula is C14H14BrCl2N3. The van der Waals surface area contributed by atoms with Gasteiger partial charge < -0.3 is 0 Å². The molecule has 3 rings (SSSR count). The molecule has 2 aliphatic heterocycles. The highest BCUT2D eigenvalue weighted by Crippen LogP contribution is 2.31. The standard InChI is InChI=1S/C12H8BrCl2N3.C2H6/c13-8-6-16-18-11(15)5-10(17-12(8)18)7-3-1-2-4-9(7)14;1-2/h1-5,16H,6H2;1-2H3. The summed E-state index contributed by atoms with van der Waals surface area (Å²) >= 11 is 15.9. The SMILES string of the molecule is CC.ClC1=CC(c2ccccc2Cl)=NC2=C(Br)CNN12. The van der Waals surface area contributed by atoms with Gasteiger partial charge in [-0.1, -0.05) is 71.2 Å². The monoisotopic (exact) mass is 373 g/mol. The third-order valence-corrected chi connectivity index (χ3v) is 3.94. The van der Waals surface area contributed by atoms with Gasteiger partial charge in [-0.15, -0.1) is 0 Å². The lowest BCUT2D eigenvalue weighted by atomic mass is 10.1. The molecule has 0 aromatic heterocycles. The predicted octanol–water partition coefficient (Wildman–Crippen LogP) is 4.63. The number of hydrazine groups is 1. The zero-order valence-electron chi connectivity index (χ0n) is 11.1. The molecule has 0 spiro atoms. The first-order valence-corrected chi connectivity index (χ1v) is 7.85. The lowest BCUT2D eigenvalue weighted by Crippen LogP contribution is -2.31. The molecule has 0 amide bonds. The molecule has 0 unspecified atom stereocenters. The van der Waals surface area contributed by atoms with Crippen molar-refractivity contribution in [1.82, 2.24) is 10.4 Å². The van der Waals surface area contributed by atoms with Crippen LogP contribution in [0.5, 0.6) is 0 Å². The number of hydrogen-bond donors (Lipinski definition) is 1. The van der Waals surface area contributed by atoms with Crippen molar-refractivity contribution in [3.8, 4) is 0 Å². The van der Waals surface area contributed by atoms with Gasteiger partial charge >= 0.3 is 0 Å². The van der Waals surface area contributed by atoms with Crippen molar-refractivity contribution in [2.75, 3.05) is 6.54 Å². The maximum atomic E-state index is 6.23. The highest BCUT2D eigenvalue weighted by atomic mass is 79.9. The van der Waals surface area contributed by atoms with Crippen LogP contribution in [0.1, 0.15) is 19.4 Å². The average molecular weight is 375 g/mol. The van der Waals surface area contributed by atoms with Crippen molar-refractivity contribution in [1.29, 1.82) is 0 Å². The van der Waals surface area contributed by atoms with Crippen LogP contribution >= 0.6 is 39.1 Å². The Morgan fingerprint density at radius 1 is 1.25 bits per heavy atom. The Hall–Kier alpha value is -0.810. The summed E-state index contributed by atoms with van der Waals surface area (Å²) in [6.07, 6.45) is 1.80. The minimum Gasteiger partial charge on any atom is -0.247 e. The van der Waals surface area contributed by atoms with E-state index in [4.69, 9.17) is 23.2 Å². The molecule has 0 bridgehead atoms. The van der Waals surface area contributed by atoms with Crippen molar-refractivity contribution in [2.45, 2.75) is 13.8 Å². The molecule has 6 heteroatoms. The Balaban J connectivity index is 0.000000704. The predicted molar refractivity (Wildman–Crippen MR) is 89.1 cm³/mol. The van der Waals surface area contributed by atoms with E-state index in [1.54, 1.807) is 11.1 Å². The molecule has 0 fully saturated rings. The van der Waals surface area contributed by atoms with E-state index in [0.717, 1.165) is 21.6 Å². The molecule has 1 aromatic rings. The Morgan fingerprint density at radius 3 is 2.65 bits per heavy atom. The van der Waals surface area contributed by atoms with Gasteiger partial charge in [0.05, 0.1) is 16.7 Å². The number of rotatable bonds is 1. The fourth-order valence-electron chi connectivity index (χ4n) is 1.84. The van der Waals surface area contributed by atoms with Gasteiger partial charge in [0, 0.05) is 16.7 Å². The van der Waals surface area contributed by atoms with Crippen LogP contribution in [-0.2, 0) is 0 Å². The fraction of sp³-hybridized carbons (Fsp3) is 0.214. The van der Waals surface area contributed by atoms with Crippen molar-refractivity contribution < 1.29 is 0 Å². The molecule has 2 heterocycles. The molecule has 2 aliphatic rings. The topological polar surface area (TPSA) is 27.6 Å². The first-order chi connectivity index (χ1) is 9.66. The molecule has 0 saturated heterocycles. The average Bonchev–Trinajstić information content (AvgIpc) is 2.84. The number of hydrogen-bond acceptors (Lipinski definition) is 3. The summed E-state index contributed by atoms with van der Waals surface area (Å²) in [4.78, 5) is 4.57. The van der Waals surface area contributed by atoms with E-state index in [9.17, 15) is 0 Å². The van der Waals surface area contributed by atoms with Crippen LogP contribution in [0.3, 0.4) is 0 Å². The van der Waals surface area contributed by atoms with E-state index < -0.39 is 0 Å². The minimum atomic E-state index is 0.573. The largest absolute Gasteiger partial charge is 0.247 e. The summed E-state index contributed by atoms with van der Waals surface area (Å²) in [5.41, 5.74) is 4.75. The van der Waals surface area contributed by atoms with Gasteiger partial charge in [0.15, 0.2) is 5.82 Å². The van der Waals surface area contributed by atoms with E-state index in [2.05, 4.69) is 26.3 Å². The van der Waals surface area contributed by atoms with Crippen LogP contribution in [0.2, 0.25) is 5.02 Å². The first-order valence-electron chi connectivity index (χ1n) is 6.30.